The molecule has 0 fully saturated rings. The van der Waals surface area contributed by atoms with Crippen LogP contribution in [0.15, 0.2) is 30.6 Å². The first kappa shape index (κ1) is 14.1. The molecule has 1 heterocycles. The molecule has 0 saturated carbocycles. The van der Waals surface area contributed by atoms with E-state index in [-0.39, 0.29) is 5.78 Å². The summed E-state index contributed by atoms with van der Waals surface area (Å²) in [5.41, 5.74) is 0.454. The van der Waals surface area contributed by atoms with Crippen LogP contribution in [0.25, 0.3) is 0 Å². The van der Waals surface area contributed by atoms with Crippen molar-refractivity contribution >= 4 is 5.78 Å². The first-order valence-corrected chi connectivity index (χ1v) is 6.49. The lowest BCUT2D eigenvalue weighted by atomic mass is 10.1. The molecular weight excluding hydrogens is 256 g/mol. The maximum atomic E-state index is 12.6. The summed E-state index contributed by atoms with van der Waals surface area (Å²) in [6.45, 7) is 2.81. The van der Waals surface area contributed by atoms with Gasteiger partial charge in [0, 0.05) is 18.9 Å². The summed E-state index contributed by atoms with van der Waals surface area (Å²) >= 11 is 0. The maximum absolute atomic E-state index is 12.6. The van der Waals surface area contributed by atoms with Crippen LogP contribution in [0.1, 0.15) is 29.5 Å². The number of para-hydroxylation sites is 1. The average Bonchev–Trinajstić information content (AvgIpc) is 2.94. The zero-order chi connectivity index (χ0) is 14.5. The van der Waals surface area contributed by atoms with E-state index in [4.69, 9.17) is 9.47 Å². The number of aromatic nitrogens is 2. The van der Waals surface area contributed by atoms with Gasteiger partial charge in [0.2, 0.25) is 5.78 Å². The number of hydrogen-bond acceptors (Lipinski definition) is 4. The lowest BCUT2D eigenvalue weighted by Crippen LogP contribution is -2.12. The van der Waals surface area contributed by atoms with Crippen LogP contribution >= 0.6 is 0 Å². The first-order chi connectivity index (χ1) is 9.72. The Kier molecular flexibility index (Phi) is 4.40. The van der Waals surface area contributed by atoms with E-state index in [1.807, 2.05) is 10.8 Å². The Morgan fingerprint density at radius 2 is 2.10 bits per heavy atom. The third-order valence-electron chi connectivity index (χ3n) is 3.03. The molecule has 20 heavy (non-hydrogen) atoms. The molecule has 0 bridgehead atoms. The van der Waals surface area contributed by atoms with Crippen molar-refractivity contribution in [3.05, 3.63) is 42.0 Å². The van der Waals surface area contributed by atoms with Crippen molar-refractivity contribution in [3.63, 3.8) is 0 Å². The lowest BCUT2D eigenvalue weighted by molar-refractivity contribution is 0.102. The molecule has 5 heteroatoms. The number of ketones is 1. The number of rotatable bonds is 6. The fourth-order valence-corrected chi connectivity index (χ4v) is 2.13. The number of nitrogens with zero attached hydrogens (tertiary/aromatic N) is 2. The second kappa shape index (κ2) is 6.23. The molecule has 2 aromatic rings. The molecule has 0 amide bonds. The van der Waals surface area contributed by atoms with Crippen molar-refractivity contribution in [1.29, 1.82) is 0 Å². The minimum atomic E-state index is -0.167. The van der Waals surface area contributed by atoms with Gasteiger partial charge in [-0.2, -0.15) is 0 Å². The highest BCUT2D eigenvalue weighted by Crippen LogP contribution is 2.31. The number of benzene rings is 1. The van der Waals surface area contributed by atoms with E-state index in [2.05, 4.69) is 11.9 Å². The van der Waals surface area contributed by atoms with Gasteiger partial charge in [0.05, 0.1) is 19.8 Å². The van der Waals surface area contributed by atoms with E-state index in [0.29, 0.717) is 22.9 Å². The molecule has 2 rings (SSSR count). The minimum absolute atomic E-state index is 0.167. The Hall–Kier alpha value is -2.30. The van der Waals surface area contributed by atoms with Crippen LogP contribution in [0.4, 0.5) is 0 Å². The fourth-order valence-electron chi connectivity index (χ4n) is 2.13. The summed E-state index contributed by atoms with van der Waals surface area (Å²) < 4.78 is 12.4. The van der Waals surface area contributed by atoms with Gasteiger partial charge < -0.3 is 14.0 Å². The van der Waals surface area contributed by atoms with Crippen LogP contribution in [0.2, 0.25) is 0 Å². The average molecular weight is 274 g/mol. The molecule has 0 N–H and O–H groups in total. The van der Waals surface area contributed by atoms with Gasteiger partial charge >= 0.3 is 0 Å². The molecule has 1 aromatic carbocycles. The van der Waals surface area contributed by atoms with E-state index in [1.165, 1.54) is 7.11 Å². The summed E-state index contributed by atoms with van der Waals surface area (Å²) in [6.07, 6.45) is 4.38. The van der Waals surface area contributed by atoms with Crippen molar-refractivity contribution in [2.24, 2.45) is 0 Å². The largest absolute Gasteiger partial charge is 0.493 e. The number of ether oxygens (including phenoxy) is 2. The highest BCUT2D eigenvalue weighted by atomic mass is 16.5. The summed E-state index contributed by atoms with van der Waals surface area (Å²) in [5.74, 6) is 1.22. The Morgan fingerprint density at radius 1 is 1.30 bits per heavy atom. The van der Waals surface area contributed by atoms with E-state index >= 15 is 0 Å². The third kappa shape index (κ3) is 2.52. The van der Waals surface area contributed by atoms with E-state index in [1.54, 1.807) is 31.5 Å². The van der Waals surface area contributed by atoms with Gasteiger partial charge in [0.15, 0.2) is 17.3 Å². The van der Waals surface area contributed by atoms with Crippen molar-refractivity contribution in [2.75, 3.05) is 14.2 Å². The van der Waals surface area contributed by atoms with Crippen LogP contribution in [-0.4, -0.2) is 29.6 Å². The molecule has 1 aromatic heterocycles. The number of aryl methyl sites for hydroxylation is 1. The molecule has 106 valence electrons. The summed E-state index contributed by atoms with van der Waals surface area (Å²) in [5, 5.41) is 0. The van der Waals surface area contributed by atoms with Gasteiger partial charge in [-0.05, 0) is 18.6 Å². The third-order valence-corrected chi connectivity index (χ3v) is 3.03. The zero-order valence-corrected chi connectivity index (χ0v) is 11.9. The molecule has 0 atom stereocenters. The smallest absolute Gasteiger partial charge is 0.232 e. The van der Waals surface area contributed by atoms with Gasteiger partial charge in [0.25, 0.3) is 0 Å². The molecular formula is C15H18N2O3. The summed E-state index contributed by atoms with van der Waals surface area (Å²) in [6, 6.07) is 5.24. The van der Waals surface area contributed by atoms with Crippen molar-refractivity contribution in [3.8, 4) is 11.5 Å². The summed E-state index contributed by atoms with van der Waals surface area (Å²) in [4.78, 5) is 16.8. The number of carbonyl (C=O) groups is 1. The van der Waals surface area contributed by atoms with Gasteiger partial charge in [-0.15, -0.1) is 0 Å². The van der Waals surface area contributed by atoms with Crippen LogP contribution in [0, 0.1) is 0 Å². The quantitative estimate of drug-likeness (QED) is 0.760. The molecule has 0 spiro atoms. The highest BCUT2D eigenvalue weighted by Gasteiger charge is 2.21. The number of hydrogen-bond donors (Lipinski definition) is 0. The topological polar surface area (TPSA) is 53.4 Å². The Bertz CT molecular complexity index is 605. The number of imidazole rings is 1. The highest BCUT2D eigenvalue weighted by molar-refractivity contribution is 6.09. The monoisotopic (exact) mass is 274 g/mol. The standard InChI is InChI=1S/C15H18N2O3/c1-4-9-17-10-8-16-15(17)13(18)11-6-5-7-12(19-2)14(11)20-3/h5-8,10H,4,9H2,1-3H3. The Balaban J connectivity index is 2.45. The molecule has 5 nitrogen and oxygen atoms in total. The van der Waals surface area contributed by atoms with Crippen LogP contribution in [0.3, 0.4) is 0 Å². The van der Waals surface area contributed by atoms with Crippen LogP contribution < -0.4 is 9.47 Å². The maximum Gasteiger partial charge on any atom is 0.232 e. The summed E-state index contributed by atoms with van der Waals surface area (Å²) in [7, 11) is 3.07. The Labute approximate surface area is 118 Å². The van der Waals surface area contributed by atoms with Crippen LogP contribution in [-0.2, 0) is 6.54 Å². The molecule has 0 aliphatic carbocycles. The SMILES string of the molecule is CCCn1ccnc1C(=O)c1cccc(OC)c1OC. The molecule has 0 unspecified atom stereocenters. The zero-order valence-electron chi connectivity index (χ0n) is 11.9. The normalized spacial score (nSPS) is 10.3. The van der Waals surface area contributed by atoms with Gasteiger partial charge in [-0.1, -0.05) is 13.0 Å². The molecule has 0 aliphatic heterocycles. The van der Waals surface area contributed by atoms with Gasteiger partial charge in [-0.25, -0.2) is 4.98 Å². The first-order valence-electron chi connectivity index (χ1n) is 6.49. The van der Waals surface area contributed by atoms with Crippen molar-refractivity contribution < 1.29 is 14.3 Å². The second-order valence-electron chi connectivity index (χ2n) is 4.31. The molecule has 0 saturated heterocycles. The van der Waals surface area contributed by atoms with E-state index < -0.39 is 0 Å². The van der Waals surface area contributed by atoms with Crippen LogP contribution in [0.5, 0.6) is 11.5 Å². The van der Waals surface area contributed by atoms with Gasteiger partial charge in [-0.3, -0.25) is 4.79 Å². The van der Waals surface area contributed by atoms with Crippen molar-refractivity contribution in [2.45, 2.75) is 19.9 Å². The molecule has 0 aliphatic rings. The van der Waals surface area contributed by atoms with E-state index in [0.717, 1.165) is 13.0 Å². The van der Waals surface area contributed by atoms with Gasteiger partial charge in [0.1, 0.15) is 0 Å². The second-order valence-corrected chi connectivity index (χ2v) is 4.31. The van der Waals surface area contributed by atoms with Crippen molar-refractivity contribution in [1.82, 2.24) is 9.55 Å². The number of methoxy groups -OCH3 is 2. The predicted molar refractivity (Wildman–Crippen MR) is 75.5 cm³/mol. The number of carbonyl (C=O) groups excluding carboxylic acids is 1. The minimum Gasteiger partial charge on any atom is -0.493 e. The fraction of sp³-hybridized carbons (Fsp3) is 0.333. The predicted octanol–water partition coefficient (Wildman–Crippen LogP) is 2.54. The Morgan fingerprint density at radius 3 is 2.75 bits per heavy atom. The molecule has 0 radical (unpaired) electrons. The lowest BCUT2D eigenvalue weighted by Gasteiger charge is -2.12. The van der Waals surface area contributed by atoms with E-state index in [9.17, 15) is 4.79 Å².